The molecule has 1 aliphatic rings. The van der Waals surface area contributed by atoms with Crippen LogP contribution < -0.4 is 10.6 Å². The second-order valence-corrected chi connectivity index (χ2v) is 5.98. The summed E-state index contributed by atoms with van der Waals surface area (Å²) in [5.41, 5.74) is 4.23. The predicted molar refractivity (Wildman–Crippen MR) is 93.5 cm³/mol. The zero-order valence-corrected chi connectivity index (χ0v) is 13.7. The number of hydrogen-bond acceptors (Lipinski definition) is 2. The molecule has 1 aliphatic heterocycles. The molecule has 5 heteroatoms. The average Bonchev–Trinajstić information content (AvgIpc) is 2.59. The Bertz CT molecular complexity index is 758. The number of amides is 3. The summed E-state index contributed by atoms with van der Waals surface area (Å²) in [5.74, 6) is -0.108. The third-order valence-corrected chi connectivity index (χ3v) is 4.11. The van der Waals surface area contributed by atoms with Gasteiger partial charge in [-0.25, -0.2) is 4.79 Å². The van der Waals surface area contributed by atoms with Gasteiger partial charge in [0.25, 0.3) is 0 Å². The molecule has 2 aromatic rings. The van der Waals surface area contributed by atoms with Gasteiger partial charge in [-0.1, -0.05) is 36.4 Å². The molecule has 0 saturated heterocycles. The van der Waals surface area contributed by atoms with E-state index in [9.17, 15) is 9.59 Å². The third-order valence-electron chi connectivity index (χ3n) is 4.11. The Kier molecular flexibility index (Phi) is 4.79. The summed E-state index contributed by atoms with van der Waals surface area (Å²) in [7, 11) is 0. The van der Waals surface area contributed by atoms with Crippen LogP contribution >= 0.6 is 0 Å². The zero-order valence-electron chi connectivity index (χ0n) is 13.7. The first kappa shape index (κ1) is 16.1. The van der Waals surface area contributed by atoms with E-state index in [-0.39, 0.29) is 11.9 Å². The van der Waals surface area contributed by atoms with Gasteiger partial charge in [0.2, 0.25) is 5.91 Å². The van der Waals surface area contributed by atoms with E-state index in [1.54, 1.807) is 0 Å². The first-order valence-electron chi connectivity index (χ1n) is 8.08. The zero-order chi connectivity index (χ0) is 16.9. The quantitative estimate of drug-likeness (QED) is 0.912. The predicted octanol–water partition coefficient (Wildman–Crippen LogP) is 2.91. The molecule has 2 N–H and O–H groups in total. The van der Waals surface area contributed by atoms with Crippen molar-refractivity contribution >= 4 is 17.6 Å². The number of urea groups is 1. The highest BCUT2D eigenvalue weighted by atomic mass is 16.2. The van der Waals surface area contributed by atoms with Crippen LogP contribution in [0.15, 0.2) is 48.5 Å². The first-order valence-corrected chi connectivity index (χ1v) is 8.08. The van der Waals surface area contributed by atoms with Gasteiger partial charge in [-0.05, 0) is 35.2 Å². The Labute approximate surface area is 141 Å². The number of anilines is 1. The highest BCUT2D eigenvalue weighted by Crippen LogP contribution is 2.18. The van der Waals surface area contributed by atoms with E-state index in [2.05, 4.69) is 22.8 Å². The second kappa shape index (κ2) is 7.17. The summed E-state index contributed by atoms with van der Waals surface area (Å²) in [6, 6.07) is 15.7. The number of hydrogen-bond donors (Lipinski definition) is 2. The van der Waals surface area contributed by atoms with Gasteiger partial charge in [0, 0.05) is 32.2 Å². The van der Waals surface area contributed by atoms with Gasteiger partial charge in [-0.2, -0.15) is 0 Å². The number of nitrogens with one attached hydrogen (secondary N) is 2. The molecule has 0 radical (unpaired) electrons. The van der Waals surface area contributed by atoms with E-state index in [4.69, 9.17) is 0 Å². The van der Waals surface area contributed by atoms with E-state index in [1.807, 2.05) is 41.3 Å². The minimum atomic E-state index is -0.108. The molecule has 0 atom stereocenters. The largest absolute Gasteiger partial charge is 0.334 e. The van der Waals surface area contributed by atoms with Crippen molar-refractivity contribution < 1.29 is 9.59 Å². The van der Waals surface area contributed by atoms with Crippen LogP contribution in [0, 0.1) is 0 Å². The first-order chi connectivity index (χ1) is 11.6. The topological polar surface area (TPSA) is 61.4 Å². The van der Waals surface area contributed by atoms with Crippen molar-refractivity contribution in [2.45, 2.75) is 26.4 Å². The van der Waals surface area contributed by atoms with Crippen LogP contribution in [-0.2, 0) is 24.3 Å². The van der Waals surface area contributed by atoms with Crippen LogP contribution in [0.3, 0.4) is 0 Å². The van der Waals surface area contributed by atoms with Crippen LogP contribution in [0.25, 0.3) is 0 Å². The van der Waals surface area contributed by atoms with Gasteiger partial charge in [0.1, 0.15) is 0 Å². The van der Waals surface area contributed by atoms with Crippen LogP contribution in [-0.4, -0.2) is 23.4 Å². The van der Waals surface area contributed by atoms with Gasteiger partial charge < -0.3 is 15.5 Å². The number of carbonyl (C=O) groups excluding carboxylic acids is 2. The molecule has 3 rings (SSSR count). The van der Waals surface area contributed by atoms with Gasteiger partial charge in [0.05, 0.1) is 0 Å². The Hall–Kier alpha value is -2.82. The van der Waals surface area contributed by atoms with Gasteiger partial charge in [-0.3, -0.25) is 4.79 Å². The maximum absolute atomic E-state index is 12.4. The number of nitrogens with zero attached hydrogens (tertiary/aromatic N) is 1. The van der Waals surface area contributed by atoms with E-state index < -0.39 is 0 Å². The minimum absolute atomic E-state index is 0.0607. The van der Waals surface area contributed by atoms with Crippen LogP contribution in [0.2, 0.25) is 0 Å². The summed E-state index contributed by atoms with van der Waals surface area (Å²) >= 11 is 0. The molecule has 3 amide bonds. The van der Waals surface area contributed by atoms with Crippen molar-refractivity contribution in [3.05, 3.63) is 65.2 Å². The monoisotopic (exact) mass is 323 g/mol. The molecule has 0 fully saturated rings. The Morgan fingerprint density at radius 3 is 2.67 bits per heavy atom. The molecule has 24 heavy (non-hydrogen) atoms. The number of benzene rings is 2. The van der Waals surface area contributed by atoms with E-state index in [0.29, 0.717) is 13.1 Å². The smallest absolute Gasteiger partial charge is 0.317 e. The lowest BCUT2D eigenvalue weighted by Crippen LogP contribution is -2.42. The van der Waals surface area contributed by atoms with Crippen molar-refractivity contribution in [1.82, 2.24) is 10.2 Å². The summed E-state index contributed by atoms with van der Waals surface area (Å²) in [6.45, 7) is 3.29. The average molecular weight is 323 g/mol. The van der Waals surface area contributed by atoms with E-state index in [1.165, 1.54) is 18.1 Å². The minimum Gasteiger partial charge on any atom is -0.334 e. The molecule has 2 aromatic carbocycles. The summed E-state index contributed by atoms with van der Waals surface area (Å²) in [5, 5.41) is 5.70. The second-order valence-electron chi connectivity index (χ2n) is 5.98. The molecule has 0 aliphatic carbocycles. The number of rotatable bonds is 3. The fraction of sp³-hybridized carbons (Fsp3) is 0.263. The molecule has 124 valence electrons. The Morgan fingerprint density at radius 1 is 1.08 bits per heavy atom. The number of carbonyl (C=O) groups is 2. The molecule has 0 spiro atoms. The standard InChI is InChI=1S/C19H21N3O2/c1-14(23)21-18-8-4-5-15(11-18)12-20-19(24)22-10-9-16-6-2-3-7-17(16)13-22/h2-8,11H,9-10,12-13H2,1H3,(H,20,24)(H,21,23). The summed E-state index contributed by atoms with van der Waals surface area (Å²) in [4.78, 5) is 25.3. The maximum atomic E-state index is 12.4. The SMILES string of the molecule is CC(=O)Nc1cccc(CNC(=O)N2CCc3ccccc3C2)c1. The Balaban J connectivity index is 1.57. The lowest BCUT2D eigenvalue weighted by atomic mass is 10.0. The summed E-state index contributed by atoms with van der Waals surface area (Å²) < 4.78 is 0. The van der Waals surface area contributed by atoms with Crippen LogP contribution in [0.4, 0.5) is 10.5 Å². The van der Waals surface area contributed by atoms with Crippen molar-refractivity contribution in [1.29, 1.82) is 0 Å². The highest BCUT2D eigenvalue weighted by molar-refractivity contribution is 5.88. The normalized spacial score (nSPS) is 13.1. The van der Waals surface area contributed by atoms with Crippen molar-refractivity contribution in [2.75, 3.05) is 11.9 Å². The van der Waals surface area contributed by atoms with Crippen LogP contribution in [0.1, 0.15) is 23.6 Å². The molecule has 0 unspecified atom stereocenters. The maximum Gasteiger partial charge on any atom is 0.317 e. The fourth-order valence-electron chi connectivity index (χ4n) is 2.92. The summed E-state index contributed by atoms with van der Waals surface area (Å²) in [6.07, 6.45) is 0.890. The van der Waals surface area contributed by atoms with Crippen LogP contribution in [0.5, 0.6) is 0 Å². The molecular weight excluding hydrogens is 302 g/mol. The molecule has 0 saturated carbocycles. The van der Waals surface area contributed by atoms with Gasteiger partial charge >= 0.3 is 6.03 Å². The molecule has 0 aromatic heterocycles. The Morgan fingerprint density at radius 2 is 1.88 bits per heavy atom. The molecular formula is C19H21N3O2. The molecule has 0 bridgehead atoms. The third kappa shape index (κ3) is 3.93. The van der Waals surface area contributed by atoms with Crippen molar-refractivity contribution in [2.24, 2.45) is 0 Å². The lowest BCUT2D eigenvalue weighted by molar-refractivity contribution is -0.114. The highest BCUT2D eigenvalue weighted by Gasteiger charge is 2.19. The van der Waals surface area contributed by atoms with E-state index >= 15 is 0 Å². The van der Waals surface area contributed by atoms with Crippen molar-refractivity contribution in [3.63, 3.8) is 0 Å². The van der Waals surface area contributed by atoms with Gasteiger partial charge in [-0.15, -0.1) is 0 Å². The van der Waals surface area contributed by atoms with Gasteiger partial charge in [0.15, 0.2) is 0 Å². The fourth-order valence-corrected chi connectivity index (χ4v) is 2.92. The molecule has 5 nitrogen and oxygen atoms in total. The number of fused-ring (bicyclic) bond motifs is 1. The van der Waals surface area contributed by atoms with E-state index in [0.717, 1.165) is 24.2 Å². The van der Waals surface area contributed by atoms with Crippen molar-refractivity contribution in [3.8, 4) is 0 Å². The lowest BCUT2D eigenvalue weighted by Gasteiger charge is -2.29. The molecule has 1 heterocycles.